The number of carbonyl (C=O) groups is 1. The smallest absolute Gasteiger partial charge is 0.229 e. The van der Waals surface area contributed by atoms with Gasteiger partial charge in [-0.1, -0.05) is 20.8 Å². The van der Waals surface area contributed by atoms with Gasteiger partial charge in [-0.25, -0.2) is 0 Å². The summed E-state index contributed by atoms with van der Waals surface area (Å²) in [5.74, 6) is 0.822. The van der Waals surface area contributed by atoms with Gasteiger partial charge in [0.05, 0.1) is 23.5 Å². The lowest BCUT2D eigenvalue weighted by atomic mass is 9.79. The molecule has 1 amide bonds. The maximum atomic E-state index is 12.6. The first-order valence-electron chi connectivity index (χ1n) is 7.18. The zero-order chi connectivity index (χ0) is 13.8. The molecular weight excluding hydrogens is 260 g/mol. The van der Waals surface area contributed by atoms with Crippen LogP contribution in [0.25, 0.3) is 0 Å². The lowest BCUT2D eigenvalue weighted by Gasteiger charge is -2.44. The molecule has 0 aliphatic carbocycles. The lowest BCUT2D eigenvalue weighted by Crippen LogP contribution is -2.50. The zero-order valence-electron chi connectivity index (χ0n) is 12.3. The van der Waals surface area contributed by atoms with Gasteiger partial charge in [0.2, 0.25) is 5.91 Å². The van der Waals surface area contributed by atoms with Crippen molar-refractivity contribution in [3.05, 3.63) is 0 Å². The van der Waals surface area contributed by atoms with E-state index in [1.165, 1.54) is 0 Å². The van der Waals surface area contributed by atoms with Gasteiger partial charge in [-0.3, -0.25) is 4.79 Å². The number of rotatable bonds is 2. The second-order valence-corrected chi connectivity index (χ2v) is 8.19. The van der Waals surface area contributed by atoms with Gasteiger partial charge in [0, 0.05) is 30.8 Å². The van der Waals surface area contributed by atoms with Crippen molar-refractivity contribution in [3.63, 3.8) is 0 Å². The third kappa shape index (κ3) is 2.10. The number of thioether (sulfide) groups is 1. The topological polar surface area (TPSA) is 32.8 Å². The van der Waals surface area contributed by atoms with Crippen LogP contribution in [0.3, 0.4) is 0 Å². The molecule has 0 radical (unpaired) electrons. The highest BCUT2D eigenvalue weighted by atomic mass is 32.2. The highest BCUT2D eigenvalue weighted by Gasteiger charge is 2.61. The van der Waals surface area contributed by atoms with Gasteiger partial charge in [-0.2, -0.15) is 0 Å². The summed E-state index contributed by atoms with van der Waals surface area (Å²) >= 11 is 1.94. The normalized spacial score (nSPS) is 42.1. The first-order valence-corrected chi connectivity index (χ1v) is 8.12. The van der Waals surface area contributed by atoms with E-state index in [0.29, 0.717) is 22.4 Å². The fourth-order valence-electron chi connectivity index (χ4n) is 3.75. The van der Waals surface area contributed by atoms with E-state index in [0.717, 1.165) is 26.2 Å². The Morgan fingerprint density at radius 2 is 2.21 bits per heavy atom. The molecular formula is C14H24N2O2S. The Bertz CT molecular complexity index is 388. The number of ether oxygens (including phenoxy) is 1. The van der Waals surface area contributed by atoms with Crippen LogP contribution in [0.1, 0.15) is 20.8 Å². The number of nitrogens with zero attached hydrogens (tertiary/aromatic N) is 2. The highest BCUT2D eigenvalue weighted by molar-refractivity contribution is 8.01. The van der Waals surface area contributed by atoms with E-state index in [4.69, 9.17) is 4.74 Å². The van der Waals surface area contributed by atoms with E-state index in [1.54, 1.807) is 0 Å². The maximum absolute atomic E-state index is 12.6. The Hall–Kier alpha value is -0.260. The predicted molar refractivity (Wildman–Crippen MR) is 77.1 cm³/mol. The van der Waals surface area contributed by atoms with Crippen LogP contribution in [0.5, 0.6) is 0 Å². The number of hydrogen-bond donors (Lipinski definition) is 0. The largest absolute Gasteiger partial charge is 0.374 e. The number of carbonyl (C=O) groups excluding carboxylic acids is 1. The molecule has 0 saturated carbocycles. The van der Waals surface area contributed by atoms with Crippen LogP contribution in [0.4, 0.5) is 0 Å². The van der Waals surface area contributed by atoms with Gasteiger partial charge in [0.25, 0.3) is 0 Å². The molecule has 3 aliphatic heterocycles. The summed E-state index contributed by atoms with van der Waals surface area (Å²) in [6.07, 6.45) is 0.175. The van der Waals surface area contributed by atoms with Crippen molar-refractivity contribution >= 4 is 17.7 Å². The second-order valence-electron chi connectivity index (χ2n) is 6.69. The molecule has 5 heteroatoms. The summed E-state index contributed by atoms with van der Waals surface area (Å²) < 4.78 is 5.82. The summed E-state index contributed by atoms with van der Waals surface area (Å²) in [6.45, 7) is 9.93. The SMILES string of the molecule is CC1SC2C1C(C)(C)C(=O)N2CC1CN(C)CCO1. The van der Waals surface area contributed by atoms with Crippen molar-refractivity contribution < 1.29 is 9.53 Å². The summed E-state index contributed by atoms with van der Waals surface area (Å²) in [6, 6.07) is 0. The molecule has 108 valence electrons. The van der Waals surface area contributed by atoms with Crippen molar-refractivity contribution in [1.82, 2.24) is 9.80 Å². The van der Waals surface area contributed by atoms with Crippen molar-refractivity contribution in [1.29, 1.82) is 0 Å². The molecule has 4 nitrogen and oxygen atoms in total. The molecule has 0 aromatic rings. The number of hydrogen-bond acceptors (Lipinski definition) is 4. The standard InChI is InChI=1S/C14H24N2O2S/c1-9-11-12(19-9)16(13(17)14(11,2)3)8-10-7-15(4)5-6-18-10/h9-12H,5-8H2,1-4H3. The number of morpholine rings is 1. The van der Waals surface area contributed by atoms with Gasteiger partial charge < -0.3 is 14.5 Å². The van der Waals surface area contributed by atoms with Gasteiger partial charge in [0.1, 0.15) is 0 Å². The highest BCUT2D eigenvalue weighted by Crippen LogP contribution is 2.58. The van der Waals surface area contributed by atoms with Gasteiger partial charge in [-0.05, 0) is 7.05 Å². The second kappa shape index (κ2) is 4.64. The minimum absolute atomic E-state index is 0.175. The molecule has 0 N–H and O–H groups in total. The number of fused-ring (bicyclic) bond motifs is 1. The average Bonchev–Trinajstić information content (AvgIpc) is 2.45. The Kier molecular flexibility index (Phi) is 3.35. The van der Waals surface area contributed by atoms with Crippen LogP contribution in [0, 0.1) is 11.3 Å². The Labute approximate surface area is 119 Å². The quantitative estimate of drug-likeness (QED) is 0.764. The molecule has 0 aromatic heterocycles. The Morgan fingerprint density at radius 3 is 2.79 bits per heavy atom. The van der Waals surface area contributed by atoms with E-state index in [9.17, 15) is 4.79 Å². The van der Waals surface area contributed by atoms with Crippen molar-refractivity contribution in [3.8, 4) is 0 Å². The lowest BCUT2D eigenvalue weighted by molar-refractivity contribution is -0.137. The average molecular weight is 284 g/mol. The van der Waals surface area contributed by atoms with Crippen LogP contribution >= 0.6 is 11.8 Å². The molecule has 0 bridgehead atoms. The predicted octanol–water partition coefficient (Wildman–Crippen LogP) is 1.26. The molecule has 4 atom stereocenters. The van der Waals surface area contributed by atoms with E-state index in [2.05, 4.69) is 37.6 Å². The van der Waals surface area contributed by atoms with Crippen molar-refractivity contribution in [2.75, 3.05) is 33.3 Å². The maximum Gasteiger partial charge on any atom is 0.229 e. The van der Waals surface area contributed by atoms with E-state index in [1.807, 2.05) is 11.8 Å². The van der Waals surface area contributed by atoms with Crippen LogP contribution in [0.15, 0.2) is 0 Å². The third-order valence-corrected chi connectivity index (χ3v) is 6.41. The summed E-state index contributed by atoms with van der Waals surface area (Å²) in [5.41, 5.74) is -0.199. The molecule has 3 aliphatic rings. The van der Waals surface area contributed by atoms with Crippen LogP contribution < -0.4 is 0 Å². The third-order valence-electron chi connectivity index (χ3n) is 4.86. The molecule has 3 saturated heterocycles. The van der Waals surface area contributed by atoms with Gasteiger partial charge in [-0.15, -0.1) is 11.8 Å². The summed E-state index contributed by atoms with van der Waals surface area (Å²) in [7, 11) is 2.12. The molecule has 0 aromatic carbocycles. The Balaban J connectivity index is 1.70. The van der Waals surface area contributed by atoms with Crippen LogP contribution in [-0.2, 0) is 9.53 Å². The molecule has 3 fully saturated rings. The molecule has 3 rings (SSSR count). The minimum atomic E-state index is -0.199. The van der Waals surface area contributed by atoms with Crippen LogP contribution in [-0.4, -0.2) is 65.7 Å². The van der Waals surface area contributed by atoms with Gasteiger partial charge >= 0.3 is 0 Å². The first-order chi connectivity index (χ1) is 8.91. The summed E-state index contributed by atoms with van der Waals surface area (Å²) in [5, 5.41) is 0.984. The molecule has 0 spiro atoms. The summed E-state index contributed by atoms with van der Waals surface area (Å²) in [4.78, 5) is 17.0. The zero-order valence-corrected chi connectivity index (χ0v) is 13.1. The molecule has 19 heavy (non-hydrogen) atoms. The Morgan fingerprint density at radius 1 is 1.47 bits per heavy atom. The fraction of sp³-hybridized carbons (Fsp3) is 0.929. The fourth-order valence-corrected chi connectivity index (χ4v) is 5.65. The minimum Gasteiger partial charge on any atom is -0.374 e. The number of likely N-dealkylation sites (N-methyl/N-ethyl adjacent to an activating group) is 1. The molecule has 4 unspecified atom stereocenters. The van der Waals surface area contributed by atoms with Gasteiger partial charge in [0.15, 0.2) is 0 Å². The number of amides is 1. The first kappa shape index (κ1) is 13.7. The van der Waals surface area contributed by atoms with Crippen molar-refractivity contribution in [2.45, 2.75) is 37.5 Å². The van der Waals surface area contributed by atoms with Crippen LogP contribution in [0.2, 0.25) is 0 Å². The van der Waals surface area contributed by atoms with Crippen molar-refractivity contribution in [2.24, 2.45) is 11.3 Å². The number of likely N-dealkylation sites (tertiary alicyclic amines) is 1. The molecule has 3 heterocycles. The van der Waals surface area contributed by atoms with E-state index in [-0.39, 0.29) is 11.5 Å². The van der Waals surface area contributed by atoms with E-state index < -0.39 is 0 Å². The monoisotopic (exact) mass is 284 g/mol. The van der Waals surface area contributed by atoms with E-state index >= 15 is 0 Å².